The maximum atomic E-state index is 12.6. The molecule has 3 heterocycles. The largest absolute Gasteiger partial charge is 0.345 e. The van der Waals surface area contributed by atoms with Crippen molar-refractivity contribution in [2.24, 2.45) is 11.8 Å². The molecule has 2 aliphatic carbocycles. The van der Waals surface area contributed by atoms with Crippen molar-refractivity contribution in [3.63, 3.8) is 0 Å². The molecule has 0 amide bonds. The maximum Gasteiger partial charge on any atom is 0.212 e. The number of H-pyrrole nitrogens is 1. The molecule has 4 atom stereocenters. The molecule has 0 aromatic carbocycles. The highest BCUT2D eigenvalue weighted by Gasteiger charge is 2.53. The van der Waals surface area contributed by atoms with Crippen LogP contribution >= 0.6 is 23.2 Å². The predicted octanol–water partition coefficient (Wildman–Crippen LogP) is 2.99. The number of aromatic amines is 1. The van der Waals surface area contributed by atoms with Gasteiger partial charge in [-0.2, -0.15) is 0 Å². The number of nitrogens with one attached hydrogen (secondary N) is 2. The van der Waals surface area contributed by atoms with Crippen LogP contribution in [0.1, 0.15) is 44.3 Å². The van der Waals surface area contributed by atoms with E-state index in [1.165, 1.54) is 0 Å². The zero-order valence-electron chi connectivity index (χ0n) is 15.8. The van der Waals surface area contributed by atoms with Gasteiger partial charge in [-0.15, -0.1) is 33.4 Å². The van der Waals surface area contributed by atoms with Gasteiger partial charge in [-0.1, -0.05) is 13.3 Å². The summed E-state index contributed by atoms with van der Waals surface area (Å²) in [6.45, 7) is 2.13. The van der Waals surface area contributed by atoms with E-state index in [2.05, 4.69) is 31.8 Å². The first-order valence-electron chi connectivity index (χ1n) is 9.82. The van der Waals surface area contributed by atoms with Crippen molar-refractivity contribution in [2.75, 3.05) is 5.75 Å². The van der Waals surface area contributed by atoms with Gasteiger partial charge in [0.15, 0.2) is 11.3 Å². The monoisotopic (exact) mass is 456 g/mol. The van der Waals surface area contributed by atoms with Crippen molar-refractivity contribution in [3.8, 4) is 0 Å². The summed E-state index contributed by atoms with van der Waals surface area (Å²) < 4.78 is 29.2. The van der Waals surface area contributed by atoms with Crippen LogP contribution < -0.4 is 4.72 Å². The van der Waals surface area contributed by atoms with E-state index in [0.717, 1.165) is 29.8 Å². The van der Waals surface area contributed by atoms with Crippen LogP contribution in [0.2, 0.25) is 0 Å². The molecule has 0 bridgehead atoms. The van der Waals surface area contributed by atoms with E-state index in [9.17, 15) is 8.42 Å². The Morgan fingerprint density at radius 2 is 2.14 bits per heavy atom. The van der Waals surface area contributed by atoms with Crippen LogP contribution in [0.3, 0.4) is 0 Å². The number of alkyl halides is 2. The minimum absolute atomic E-state index is 0.0263. The molecule has 5 rings (SSSR count). The maximum absolute atomic E-state index is 12.6. The number of fused-ring (bicyclic) bond motifs is 3. The van der Waals surface area contributed by atoms with Gasteiger partial charge in [0, 0.05) is 24.1 Å². The van der Waals surface area contributed by atoms with Crippen LogP contribution in [0, 0.1) is 11.8 Å². The Hall–Kier alpha value is -1.42. The summed E-state index contributed by atoms with van der Waals surface area (Å²) in [5, 5.41) is 8.75. The molecular formula is C18H22Cl2N6O2S. The van der Waals surface area contributed by atoms with Gasteiger partial charge < -0.3 is 4.98 Å². The van der Waals surface area contributed by atoms with Gasteiger partial charge in [-0.3, -0.25) is 4.40 Å². The first-order chi connectivity index (χ1) is 13.8. The van der Waals surface area contributed by atoms with Crippen molar-refractivity contribution in [3.05, 3.63) is 24.3 Å². The number of halogens is 2. The molecule has 2 saturated carbocycles. The first kappa shape index (κ1) is 19.5. The summed E-state index contributed by atoms with van der Waals surface area (Å²) in [5.74, 6) is 1.07. The minimum Gasteiger partial charge on any atom is -0.345 e. The van der Waals surface area contributed by atoms with Gasteiger partial charge in [0.2, 0.25) is 10.0 Å². The molecule has 8 nitrogen and oxygen atoms in total. The fourth-order valence-corrected chi connectivity index (χ4v) is 7.08. The van der Waals surface area contributed by atoms with Crippen LogP contribution in [-0.4, -0.2) is 49.1 Å². The standard InChI is InChI=1S/C18H22Cl2N6O2S/c1-2-10-5-12(25-29(27,28)9-11-7-18(11,19)20)6-13(10)17-24-23-15-8-22-16-14(26(15)17)3-4-21-16/h3-4,8,10-13,21,25H,2,5-7,9H2,1H3. The molecule has 2 fully saturated rings. The number of hydrogen-bond acceptors (Lipinski definition) is 5. The van der Waals surface area contributed by atoms with Gasteiger partial charge in [0.05, 0.1) is 17.5 Å². The predicted molar refractivity (Wildman–Crippen MR) is 112 cm³/mol. The average Bonchev–Trinajstić information content (AvgIpc) is 3.14. The molecule has 2 N–H and O–H groups in total. The molecule has 4 unspecified atom stereocenters. The summed E-state index contributed by atoms with van der Waals surface area (Å²) in [6.07, 6.45) is 6.46. The Morgan fingerprint density at radius 1 is 1.34 bits per heavy atom. The Kier molecular flexibility index (Phi) is 4.58. The second-order valence-corrected chi connectivity index (χ2v) is 11.6. The molecule has 0 radical (unpaired) electrons. The van der Waals surface area contributed by atoms with Crippen LogP contribution in [-0.2, 0) is 10.0 Å². The van der Waals surface area contributed by atoms with Crippen LogP contribution in [0.4, 0.5) is 0 Å². The summed E-state index contributed by atoms with van der Waals surface area (Å²) in [7, 11) is -3.44. The van der Waals surface area contributed by atoms with Crippen molar-refractivity contribution in [2.45, 2.75) is 48.9 Å². The highest BCUT2D eigenvalue weighted by molar-refractivity contribution is 7.89. The zero-order valence-corrected chi connectivity index (χ0v) is 18.2. The molecule has 11 heteroatoms. The lowest BCUT2D eigenvalue weighted by Gasteiger charge is -2.16. The Labute approximate surface area is 178 Å². The molecule has 2 aliphatic rings. The van der Waals surface area contributed by atoms with Crippen molar-refractivity contribution < 1.29 is 8.42 Å². The van der Waals surface area contributed by atoms with E-state index in [1.54, 1.807) is 6.20 Å². The van der Waals surface area contributed by atoms with Crippen molar-refractivity contribution in [1.29, 1.82) is 0 Å². The van der Waals surface area contributed by atoms with Gasteiger partial charge in [-0.25, -0.2) is 18.1 Å². The van der Waals surface area contributed by atoms with Crippen LogP contribution in [0.15, 0.2) is 18.5 Å². The number of sulfonamides is 1. The number of aromatic nitrogens is 5. The van der Waals surface area contributed by atoms with E-state index in [-0.39, 0.29) is 23.6 Å². The smallest absolute Gasteiger partial charge is 0.212 e. The van der Waals surface area contributed by atoms with Gasteiger partial charge in [0.25, 0.3) is 0 Å². The van der Waals surface area contributed by atoms with Crippen LogP contribution in [0.5, 0.6) is 0 Å². The van der Waals surface area contributed by atoms with Gasteiger partial charge in [-0.05, 0) is 31.2 Å². The molecule has 0 saturated heterocycles. The third-order valence-electron chi connectivity index (χ3n) is 6.24. The topological polar surface area (TPSA) is 105 Å². The van der Waals surface area contributed by atoms with Crippen molar-refractivity contribution >= 4 is 50.0 Å². The molecule has 0 spiro atoms. The summed E-state index contributed by atoms with van der Waals surface area (Å²) in [4.78, 5) is 7.48. The number of nitrogens with zero attached hydrogens (tertiary/aromatic N) is 4. The van der Waals surface area contributed by atoms with E-state index in [4.69, 9.17) is 23.2 Å². The summed E-state index contributed by atoms with van der Waals surface area (Å²) >= 11 is 12.0. The van der Waals surface area contributed by atoms with E-state index < -0.39 is 14.4 Å². The highest BCUT2D eigenvalue weighted by Crippen LogP contribution is 2.53. The second kappa shape index (κ2) is 6.80. The molecule has 3 aromatic heterocycles. The fourth-order valence-electron chi connectivity index (χ4n) is 4.64. The SMILES string of the molecule is CCC1CC(NS(=O)(=O)CC2CC2(Cl)Cl)CC1c1nnc2cnc3[nH]ccc3n12. The minimum atomic E-state index is -3.44. The lowest BCUT2D eigenvalue weighted by atomic mass is 9.93. The normalized spacial score (nSPS) is 29.1. The number of hydrogen-bond donors (Lipinski definition) is 2. The zero-order chi connectivity index (χ0) is 20.4. The van der Waals surface area contributed by atoms with Gasteiger partial charge >= 0.3 is 0 Å². The van der Waals surface area contributed by atoms with Crippen LogP contribution in [0.25, 0.3) is 16.8 Å². The van der Waals surface area contributed by atoms with E-state index >= 15 is 0 Å². The third-order valence-corrected chi connectivity index (χ3v) is 8.70. The highest BCUT2D eigenvalue weighted by atomic mass is 35.5. The fraction of sp³-hybridized carbons (Fsp3) is 0.611. The Balaban J connectivity index is 1.40. The summed E-state index contributed by atoms with van der Waals surface area (Å²) in [5.41, 5.74) is 2.40. The quantitative estimate of drug-likeness (QED) is 0.554. The Morgan fingerprint density at radius 3 is 2.86 bits per heavy atom. The number of rotatable bonds is 6. The lowest BCUT2D eigenvalue weighted by Crippen LogP contribution is -2.35. The van der Waals surface area contributed by atoms with Gasteiger partial charge in [0.1, 0.15) is 10.2 Å². The molecule has 3 aromatic rings. The van der Waals surface area contributed by atoms with E-state index in [1.807, 2.05) is 16.7 Å². The Bertz CT molecular complexity index is 1170. The average molecular weight is 457 g/mol. The molecule has 156 valence electrons. The molecular weight excluding hydrogens is 435 g/mol. The van der Waals surface area contributed by atoms with E-state index in [0.29, 0.717) is 24.4 Å². The first-order valence-corrected chi connectivity index (χ1v) is 12.2. The summed E-state index contributed by atoms with van der Waals surface area (Å²) in [6, 6.07) is 1.82. The molecule has 29 heavy (non-hydrogen) atoms. The lowest BCUT2D eigenvalue weighted by molar-refractivity contribution is 0.449. The molecule has 0 aliphatic heterocycles. The second-order valence-electron chi connectivity index (χ2n) is 8.23. The van der Waals surface area contributed by atoms with Crippen molar-refractivity contribution in [1.82, 2.24) is 29.3 Å². The third kappa shape index (κ3) is 3.52.